The first-order valence-electron chi connectivity index (χ1n) is 6.77. The van der Waals surface area contributed by atoms with Crippen LogP contribution in [0.3, 0.4) is 0 Å². The van der Waals surface area contributed by atoms with Gasteiger partial charge >= 0.3 is 0 Å². The smallest absolute Gasteiger partial charge is 0.139 e. The zero-order chi connectivity index (χ0) is 14.7. The van der Waals surface area contributed by atoms with E-state index in [4.69, 9.17) is 0 Å². The van der Waals surface area contributed by atoms with Crippen LogP contribution in [0, 0.1) is 0 Å². The van der Waals surface area contributed by atoms with Crippen LogP contribution in [-0.4, -0.2) is 16.0 Å². The first-order valence-corrected chi connectivity index (χ1v) is 6.77. The van der Waals surface area contributed by atoms with E-state index in [1.807, 2.05) is 59.2 Å². The van der Waals surface area contributed by atoms with Gasteiger partial charge in [-0.25, -0.2) is 0 Å². The normalized spacial score (nSPS) is 10.5. The summed E-state index contributed by atoms with van der Waals surface area (Å²) in [5.74, 6) is 0.232. The molecule has 0 aliphatic heterocycles. The average Bonchev–Trinajstić information content (AvgIpc) is 2.93. The summed E-state index contributed by atoms with van der Waals surface area (Å²) in [5.41, 5.74) is 4.01. The molecule has 0 aliphatic rings. The number of phenolic OH excluding ortho intramolecular Hbond substituents is 1. The molecule has 3 nitrogen and oxygen atoms in total. The molecule has 3 heteroatoms. The van der Waals surface area contributed by atoms with E-state index in [0.717, 1.165) is 28.8 Å². The maximum Gasteiger partial charge on any atom is 0.139 e. The van der Waals surface area contributed by atoms with E-state index in [1.54, 1.807) is 12.1 Å². The molecule has 0 bridgehead atoms. The number of nitrogens with zero attached hydrogens (tertiary/aromatic N) is 1. The molecule has 3 aromatic rings. The maximum atomic E-state index is 11.0. The molecule has 3 rings (SSSR count). The monoisotopic (exact) mass is 277 g/mol. The third-order valence-electron chi connectivity index (χ3n) is 3.47. The highest BCUT2D eigenvalue weighted by Gasteiger charge is 2.11. The quantitative estimate of drug-likeness (QED) is 0.738. The molecule has 0 aliphatic carbocycles. The van der Waals surface area contributed by atoms with E-state index in [2.05, 4.69) is 0 Å². The molecule has 0 saturated heterocycles. The van der Waals surface area contributed by atoms with Gasteiger partial charge in [0.1, 0.15) is 12.0 Å². The van der Waals surface area contributed by atoms with Gasteiger partial charge in [-0.05, 0) is 47.5 Å². The molecule has 0 amide bonds. The van der Waals surface area contributed by atoms with Crippen LogP contribution in [0.1, 0.15) is 0 Å². The number of benzene rings is 2. The SMILES string of the molecule is O=CCn1c(-c2ccccc2)ccc1-c1ccc(O)cc1. The fourth-order valence-corrected chi connectivity index (χ4v) is 2.48. The predicted octanol–water partition coefficient (Wildman–Crippen LogP) is 3.73. The molecule has 0 unspecified atom stereocenters. The first kappa shape index (κ1) is 13.2. The number of hydrogen-bond donors (Lipinski definition) is 1. The zero-order valence-corrected chi connectivity index (χ0v) is 11.4. The van der Waals surface area contributed by atoms with E-state index in [-0.39, 0.29) is 5.75 Å². The van der Waals surface area contributed by atoms with Crippen LogP contribution in [-0.2, 0) is 11.3 Å². The summed E-state index contributed by atoms with van der Waals surface area (Å²) < 4.78 is 1.98. The van der Waals surface area contributed by atoms with Crippen LogP contribution in [0.15, 0.2) is 66.7 Å². The van der Waals surface area contributed by atoms with Gasteiger partial charge in [-0.2, -0.15) is 0 Å². The molecular weight excluding hydrogens is 262 g/mol. The number of phenols is 1. The number of aldehydes is 1. The van der Waals surface area contributed by atoms with Gasteiger partial charge in [0.25, 0.3) is 0 Å². The Kier molecular flexibility index (Phi) is 3.56. The van der Waals surface area contributed by atoms with Crippen LogP contribution >= 0.6 is 0 Å². The molecule has 0 spiro atoms. The van der Waals surface area contributed by atoms with Gasteiger partial charge in [-0.1, -0.05) is 30.3 Å². The van der Waals surface area contributed by atoms with Gasteiger partial charge in [0.05, 0.1) is 6.54 Å². The van der Waals surface area contributed by atoms with Crippen LogP contribution in [0.5, 0.6) is 5.75 Å². The van der Waals surface area contributed by atoms with Crippen LogP contribution in [0.25, 0.3) is 22.5 Å². The minimum atomic E-state index is 0.232. The third kappa shape index (κ3) is 2.58. The standard InChI is InChI=1S/C18H15NO2/c20-13-12-19-17(14-4-2-1-3-5-14)10-11-18(19)15-6-8-16(21)9-7-15/h1-11,13,21H,12H2. The summed E-state index contributed by atoms with van der Waals surface area (Å²) in [6, 6.07) is 21.0. The van der Waals surface area contributed by atoms with Crippen LogP contribution in [0.2, 0.25) is 0 Å². The molecular formula is C18H15NO2. The number of hydrogen-bond acceptors (Lipinski definition) is 2. The van der Waals surface area contributed by atoms with Gasteiger partial charge in [0.2, 0.25) is 0 Å². The minimum Gasteiger partial charge on any atom is -0.508 e. The Bertz CT molecular complexity index is 743. The Hall–Kier alpha value is -2.81. The number of carbonyl (C=O) groups excluding carboxylic acids is 1. The molecule has 0 atom stereocenters. The Balaban J connectivity index is 2.12. The van der Waals surface area contributed by atoms with Gasteiger partial charge in [0.15, 0.2) is 0 Å². The summed E-state index contributed by atoms with van der Waals surface area (Å²) in [6.07, 6.45) is 0.899. The van der Waals surface area contributed by atoms with Gasteiger partial charge in [-0.15, -0.1) is 0 Å². The molecule has 1 heterocycles. The van der Waals surface area contributed by atoms with Crippen LogP contribution in [0.4, 0.5) is 0 Å². The number of aromatic nitrogens is 1. The summed E-state index contributed by atoms with van der Waals surface area (Å²) in [7, 11) is 0. The molecule has 21 heavy (non-hydrogen) atoms. The minimum absolute atomic E-state index is 0.232. The lowest BCUT2D eigenvalue weighted by Crippen LogP contribution is -2.03. The average molecular weight is 277 g/mol. The fraction of sp³-hybridized carbons (Fsp3) is 0.0556. The highest BCUT2D eigenvalue weighted by atomic mass is 16.3. The second-order valence-electron chi connectivity index (χ2n) is 4.79. The second-order valence-corrected chi connectivity index (χ2v) is 4.79. The highest BCUT2D eigenvalue weighted by Crippen LogP contribution is 2.29. The lowest BCUT2D eigenvalue weighted by atomic mass is 10.1. The van der Waals surface area contributed by atoms with E-state index in [9.17, 15) is 9.90 Å². The van der Waals surface area contributed by atoms with Crippen LogP contribution < -0.4 is 0 Å². The molecule has 1 N–H and O–H groups in total. The van der Waals surface area contributed by atoms with Crippen molar-refractivity contribution in [2.75, 3.05) is 0 Å². The molecule has 2 aromatic carbocycles. The van der Waals surface area contributed by atoms with Crippen molar-refractivity contribution in [3.63, 3.8) is 0 Å². The fourth-order valence-electron chi connectivity index (χ4n) is 2.48. The Morgan fingerprint density at radius 1 is 0.810 bits per heavy atom. The first-order chi connectivity index (χ1) is 10.3. The Labute approximate surface area is 123 Å². The van der Waals surface area contributed by atoms with E-state index >= 15 is 0 Å². The van der Waals surface area contributed by atoms with Crippen molar-refractivity contribution in [1.29, 1.82) is 0 Å². The summed E-state index contributed by atoms with van der Waals surface area (Å²) in [4.78, 5) is 11.0. The lowest BCUT2D eigenvalue weighted by molar-refractivity contribution is -0.108. The largest absolute Gasteiger partial charge is 0.508 e. The zero-order valence-electron chi connectivity index (χ0n) is 11.4. The van der Waals surface area contributed by atoms with E-state index in [1.165, 1.54) is 0 Å². The van der Waals surface area contributed by atoms with Gasteiger partial charge < -0.3 is 14.5 Å². The van der Waals surface area contributed by atoms with Crippen molar-refractivity contribution in [2.24, 2.45) is 0 Å². The Morgan fingerprint density at radius 2 is 1.38 bits per heavy atom. The Morgan fingerprint density at radius 3 is 1.95 bits per heavy atom. The topological polar surface area (TPSA) is 42.2 Å². The van der Waals surface area contributed by atoms with Crippen molar-refractivity contribution in [3.8, 4) is 28.3 Å². The van der Waals surface area contributed by atoms with Crippen molar-refractivity contribution < 1.29 is 9.90 Å². The summed E-state index contributed by atoms with van der Waals surface area (Å²) >= 11 is 0. The predicted molar refractivity (Wildman–Crippen MR) is 83.0 cm³/mol. The molecule has 0 radical (unpaired) electrons. The third-order valence-corrected chi connectivity index (χ3v) is 3.47. The maximum absolute atomic E-state index is 11.0. The lowest BCUT2D eigenvalue weighted by Gasteiger charge is -2.11. The number of rotatable bonds is 4. The van der Waals surface area contributed by atoms with Crippen molar-refractivity contribution in [3.05, 3.63) is 66.7 Å². The van der Waals surface area contributed by atoms with Crippen molar-refractivity contribution in [2.45, 2.75) is 6.54 Å². The molecule has 0 saturated carbocycles. The van der Waals surface area contributed by atoms with Crippen molar-refractivity contribution >= 4 is 6.29 Å². The molecule has 0 fully saturated rings. The second kappa shape index (κ2) is 5.67. The summed E-state index contributed by atoms with van der Waals surface area (Å²) in [6.45, 7) is 0.299. The van der Waals surface area contributed by atoms with Gasteiger partial charge in [-0.3, -0.25) is 0 Å². The van der Waals surface area contributed by atoms with E-state index in [0.29, 0.717) is 6.54 Å². The number of aromatic hydroxyl groups is 1. The van der Waals surface area contributed by atoms with E-state index < -0.39 is 0 Å². The van der Waals surface area contributed by atoms with Gasteiger partial charge in [0, 0.05) is 11.4 Å². The molecule has 1 aromatic heterocycles. The number of carbonyl (C=O) groups is 1. The van der Waals surface area contributed by atoms with Crippen molar-refractivity contribution in [1.82, 2.24) is 4.57 Å². The molecule has 104 valence electrons. The summed E-state index contributed by atoms with van der Waals surface area (Å²) in [5, 5.41) is 9.40. The highest BCUT2D eigenvalue weighted by molar-refractivity contribution is 5.71.